The van der Waals surface area contributed by atoms with Gasteiger partial charge in [-0.2, -0.15) is 13.2 Å². The molecule has 8 heteroatoms. The second kappa shape index (κ2) is 6.88. The minimum Gasteiger partial charge on any atom is -0.465 e. The van der Waals surface area contributed by atoms with Crippen LogP contribution in [0.2, 0.25) is 5.02 Å². The number of alkyl halides is 3. The molecule has 2 aromatic carbocycles. The van der Waals surface area contributed by atoms with Crippen molar-refractivity contribution < 1.29 is 27.1 Å². The summed E-state index contributed by atoms with van der Waals surface area (Å²) in [5.74, 6) is -1.56. The molecule has 0 spiro atoms. The average molecular weight is 400 g/mol. The number of fused-ring (bicyclic) bond motifs is 1. The van der Waals surface area contributed by atoms with E-state index in [9.17, 15) is 22.4 Å². The zero-order valence-corrected chi connectivity index (χ0v) is 15.0. The highest BCUT2D eigenvalue weighted by molar-refractivity contribution is 6.35. The molecular formula is C19H14ClF4NO2. The fourth-order valence-electron chi connectivity index (χ4n) is 3.03. The van der Waals surface area contributed by atoms with Crippen LogP contribution in [-0.4, -0.2) is 17.6 Å². The van der Waals surface area contributed by atoms with Gasteiger partial charge in [0.05, 0.1) is 34.8 Å². The molecule has 1 atom stereocenters. The van der Waals surface area contributed by atoms with Crippen molar-refractivity contribution in [2.75, 3.05) is 7.11 Å². The van der Waals surface area contributed by atoms with Crippen LogP contribution in [0.5, 0.6) is 0 Å². The Hall–Kier alpha value is -2.54. The number of halogens is 5. The van der Waals surface area contributed by atoms with Gasteiger partial charge in [0.1, 0.15) is 5.82 Å². The van der Waals surface area contributed by atoms with E-state index in [2.05, 4.69) is 4.74 Å². The molecule has 0 radical (unpaired) electrons. The Morgan fingerprint density at radius 2 is 1.93 bits per heavy atom. The fraction of sp³-hybridized carbons (Fsp3) is 0.211. The molecule has 0 bridgehead atoms. The fourth-order valence-corrected chi connectivity index (χ4v) is 3.36. The van der Waals surface area contributed by atoms with Crippen molar-refractivity contribution in [3.8, 4) is 0 Å². The second-order valence-corrected chi connectivity index (χ2v) is 6.40. The van der Waals surface area contributed by atoms with Gasteiger partial charge in [-0.3, -0.25) is 0 Å². The van der Waals surface area contributed by atoms with Gasteiger partial charge < -0.3 is 9.30 Å². The van der Waals surface area contributed by atoms with Crippen molar-refractivity contribution in [1.29, 1.82) is 0 Å². The van der Waals surface area contributed by atoms with Crippen molar-refractivity contribution >= 4 is 28.5 Å². The minimum absolute atomic E-state index is 0.0961. The standard InChI is InChI=1S/C19H14ClF4NO2/c1-10(13-4-3-5-14(16(13)21)18(26)27-2)25-7-6-11-8-12(19(22,23)24)9-15(20)17(11)25/h3-10H,1-2H3. The van der Waals surface area contributed by atoms with Crippen LogP contribution in [0, 0.1) is 5.82 Å². The van der Waals surface area contributed by atoms with Gasteiger partial charge in [0, 0.05) is 17.1 Å². The highest BCUT2D eigenvalue weighted by atomic mass is 35.5. The van der Waals surface area contributed by atoms with Crippen LogP contribution >= 0.6 is 11.6 Å². The molecule has 0 aliphatic rings. The first-order chi connectivity index (χ1) is 12.6. The van der Waals surface area contributed by atoms with Crippen LogP contribution in [0.25, 0.3) is 10.9 Å². The third kappa shape index (κ3) is 3.39. The number of carbonyl (C=O) groups is 1. The molecule has 1 heterocycles. The molecule has 0 amide bonds. The molecule has 0 saturated carbocycles. The number of hydrogen-bond acceptors (Lipinski definition) is 2. The number of benzene rings is 2. The number of esters is 1. The van der Waals surface area contributed by atoms with E-state index in [-0.39, 0.29) is 21.5 Å². The Morgan fingerprint density at radius 1 is 1.22 bits per heavy atom. The van der Waals surface area contributed by atoms with Crippen LogP contribution in [0.15, 0.2) is 42.6 Å². The zero-order valence-electron chi connectivity index (χ0n) is 14.3. The van der Waals surface area contributed by atoms with Crippen molar-refractivity contribution in [3.63, 3.8) is 0 Å². The molecule has 1 aromatic heterocycles. The smallest absolute Gasteiger partial charge is 0.416 e. The van der Waals surface area contributed by atoms with Crippen molar-refractivity contribution in [3.05, 3.63) is 70.1 Å². The zero-order chi connectivity index (χ0) is 19.9. The van der Waals surface area contributed by atoms with Crippen molar-refractivity contribution in [2.24, 2.45) is 0 Å². The molecule has 142 valence electrons. The topological polar surface area (TPSA) is 31.2 Å². The number of ether oxygens (including phenoxy) is 1. The highest BCUT2D eigenvalue weighted by Gasteiger charge is 2.32. The van der Waals surface area contributed by atoms with E-state index in [0.717, 1.165) is 19.2 Å². The minimum atomic E-state index is -4.52. The summed E-state index contributed by atoms with van der Waals surface area (Å²) in [4.78, 5) is 11.7. The van der Waals surface area contributed by atoms with Gasteiger partial charge in [0.15, 0.2) is 0 Å². The molecule has 27 heavy (non-hydrogen) atoms. The summed E-state index contributed by atoms with van der Waals surface area (Å²) >= 11 is 6.10. The summed E-state index contributed by atoms with van der Waals surface area (Å²) in [6.07, 6.45) is -2.99. The first kappa shape index (κ1) is 19.2. The first-order valence-electron chi connectivity index (χ1n) is 7.89. The third-order valence-corrected chi connectivity index (χ3v) is 4.68. The van der Waals surface area contributed by atoms with E-state index >= 15 is 0 Å². The summed E-state index contributed by atoms with van der Waals surface area (Å²) in [7, 11) is 1.15. The number of rotatable bonds is 3. The van der Waals surface area contributed by atoms with E-state index in [1.165, 1.54) is 30.5 Å². The first-order valence-corrected chi connectivity index (χ1v) is 8.27. The molecule has 0 aliphatic heterocycles. The number of aromatic nitrogens is 1. The van der Waals surface area contributed by atoms with Gasteiger partial charge >= 0.3 is 12.1 Å². The maximum Gasteiger partial charge on any atom is 0.416 e. The summed E-state index contributed by atoms with van der Waals surface area (Å²) in [6, 6.07) is 7.00. The number of carbonyl (C=O) groups excluding carboxylic acids is 1. The number of methoxy groups -OCH3 is 1. The Labute approximate surface area is 157 Å². The maximum absolute atomic E-state index is 14.8. The monoisotopic (exact) mass is 399 g/mol. The van der Waals surface area contributed by atoms with Crippen molar-refractivity contribution in [1.82, 2.24) is 4.57 Å². The molecule has 3 aromatic rings. The summed E-state index contributed by atoms with van der Waals surface area (Å²) in [6.45, 7) is 1.66. The van der Waals surface area contributed by atoms with Crippen LogP contribution in [-0.2, 0) is 10.9 Å². The van der Waals surface area contributed by atoms with E-state index < -0.39 is 29.6 Å². The average Bonchev–Trinajstić information content (AvgIpc) is 3.04. The van der Waals surface area contributed by atoms with Crippen LogP contribution < -0.4 is 0 Å². The molecule has 0 saturated heterocycles. The van der Waals surface area contributed by atoms with Gasteiger partial charge in [0.2, 0.25) is 0 Å². The molecule has 3 rings (SSSR count). The predicted octanol–water partition coefficient (Wildman–Crippen LogP) is 5.85. The molecule has 0 aliphatic carbocycles. The summed E-state index contributed by atoms with van der Waals surface area (Å²) in [5.41, 5.74) is -0.542. The normalized spacial score (nSPS) is 13.0. The van der Waals surface area contributed by atoms with E-state index in [1.54, 1.807) is 11.5 Å². The van der Waals surface area contributed by atoms with Gasteiger partial charge in [-0.15, -0.1) is 0 Å². The Morgan fingerprint density at radius 3 is 2.56 bits per heavy atom. The van der Waals surface area contributed by atoms with Crippen LogP contribution in [0.1, 0.15) is 34.5 Å². The highest BCUT2D eigenvalue weighted by Crippen LogP contribution is 2.37. The third-order valence-electron chi connectivity index (χ3n) is 4.39. The van der Waals surface area contributed by atoms with Gasteiger partial charge in [-0.1, -0.05) is 23.7 Å². The lowest BCUT2D eigenvalue weighted by Crippen LogP contribution is -2.12. The SMILES string of the molecule is COC(=O)c1cccc(C(C)n2ccc3cc(C(F)(F)F)cc(Cl)c32)c1F. The molecule has 0 N–H and O–H groups in total. The lowest BCUT2D eigenvalue weighted by Gasteiger charge is -2.19. The second-order valence-electron chi connectivity index (χ2n) is 5.99. The largest absolute Gasteiger partial charge is 0.465 e. The molecule has 1 unspecified atom stereocenters. The lowest BCUT2D eigenvalue weighted by molar-refractivity contribution is -0.137. The predicted molar refractivity (Wildman–Crippen MR) is 93.5 cm³/mol. The Balaban J connectivity index is 2.13. The van der Waals surface area contributed by atoms with E-state index in [1.807, 2.05) is 0 Å². The van der Waals surface area contributed by atoms with E-state index in [4.69, 9.17) is 11.6 Å². The summed E-state index contributed by atoms with van der Waals surface area (Å²) in [5, 5.41) is 0.187. The van der Waals surface area contributed by atoms with E-state index in [0.29, 0.717) is 5.52 Å². The van der Waals surface area contributed by atoms with Gasteiger partial charge in [-0.05, 0) is 31.2 Å². The van der Waals surface area contributed by atoms with Crippen LogP contribution in [0.4, 0.5) is 17.6 Å². The lowest BCUT2D eigenvalue weighted by atomic mass is 10.0. The van der Waals surface area contributed by atoms with Crippen LogP contribution in [0.3, 0.4) is 0 Å². The molecule has 3 nitrogen and oxygen atoms in total. The Bertz CT molecular complexity index is 1030. The van der Waals surface area contributed by atoms with Crippen molar-refractivity contribution in [2.45, 2.75) is 19.1 Å². The molecular weight excluding hydrogens is 386 g/mol. The number of nitrogens with zero attached hydrogens (tertiary/aromatic N) is 1. The maximum atomic E-state index is 14.8. The molecule has 0 fully saturated rings. The summed E-state index contributed by atoms with van der Waals surface area (Å²) < 4.78 is 59.8. The quantitative estimate of drug-likeness (QED) is 0.408. The number of hydrogen-bond donors (Lipinski definition) is 0. The van der Waals surface area contributed by atoms with Gasteiger partial charge in [-0.25, -0.2) is 9.18 Å². The Kier molecular flexibility index (Phi) is 4.90. The van der Waals surface area contributed by atoms with Gasteiger partial charge in [0.25, 0.3) is 0 Å².